The van der Waals surface area contributed by atoms with Crippen molar-refractivity contribution in [1.29, 1.82) is 0 Å². The molecule has 0 heterocycles. The Balaban J connectivity index is 3.13. The Labute approximate surface area is 139 Å². The molecule has 3 N–H and O–H groups in total. The van der Waals surface area contributed by atoms with Crippen LogP contribution in [-0.2, 0) is 0 Å². The molecule has 1 aromatic rings. The zero-order valence-electron chi connectivity index (χ0n) is 14.0. The third-order valence-corrected chi connectivity index (χ3v) is 4.16. The Hall–Kier alpha value is -0.740. The Morgan fingerprint density at radius 1 is 1.24 bits per heavy atom. The van der Waals surface area contributed by atoms with Gasteiger partial charge in [-0.25, -0.2) is 0 Å². The molecule has 4 heteroatoms. The van der Waals surface area contributed by atoms with Gasteiger partial charge in [-0.3, -0.25) is 0 Å². The number of nitrogens with two attached hydrogens (primary N) is 1. The number of benzene rings is 1. The van der Waals surface area contributed by atoms with Gasteiger partial charge in [0.15, 0.2) is 0 Å². The lowest BCUT2D eigenvalue weighted by Gasteiger charge is -2.35. The van der Waals surface area contributed by atoms with Crippen LogP contribution < -0.4 is 11.1 Å². The van der Waals surface area contributed by atoms with Crippen LogP contribution in [0.1, 0.15) is 53.5 Å². The zero-order valence-corrected chi connectivity index (χ0v) is 15.7. The summed E-state index contributed by atoms with van der Waals surface area (Å²) in [7, 11) is 0. The second-order valence-corrected chi connectivity index (χ2v) is 8.97. The largest absolute Gasteiger partial charge is 0.389 e. The van der Waals surface area contributed by atoms with Crippen LogP contribution in [0.25, 0.3) is 0 Å². The van der Waals surface area contributed by atoms with Crippen LogP contribution >= 0.6 is 24.0 Å². The van der Waals surface area contributed by atoms with E-state index in [0.717, 1.165) is 28.3 Å². The highest BCUT2D eigenvalue weighted by Crippen LogP contribution is 2.33. The second-order valence-electron chi connectivity index (χ2n) is 7.22. The maximum absolute atomic E-state index is 5.97. The first-order valence-electron chi connectivity index (χ1n) is 7.39. The number of nitrogens with one attached hydrogen (secondary N) is 1. The topological polar surface area (TPSA) is 38.0 Å². The average molecular weight is 325 g/mol. The standard InChI is InChI=1S/C17H28N2S2/c1-7-21-13-10-8-9-12(14(13)15(18)20)19-17(5,6)11-16(2,3)4/h8-10,19H,7,11H2,1-6H3,(H2,18,20). The molecule has 0 saturated carbocycles. The van der Waals surface area contributed by atoms with Crippen LogP contribution in [0.2, 0.25) is 0 Å². The first-order chi connectivity index (χ1) is 9.56. The fourth-order valence-electron chi connectivity index (χ4n) is 2.90. The van der Waals surface area contributed by atoms with E-state index in [-0.39, 0.29) is 11.0 Å². The minimum Gasteiger partial charge on any atom is -0.389 e. The summed E-state index contributed by atoms with van der Waals surface area (Å²) >= 11 is 7.05. The summed E-state index contributed by atoms with van der Waals surface area (Å²) in [5, 5.41) is 3.64. The number of anilines is 1. The molecular weight excluding hydrogens is 296 g/mol. The van der Waals surface area contributed by atoms with Gasteiger partial charge in [0.25, 0.3) is 0 Å². The van der Waals surface area contributed by atoms with Gasteiger partial charge in [0.2, 0.25) is 0 Å². The maximum Gasteiger partial charge on any atom is 0.107 e. The van der Waals surface area contributed by atoms with Crippen molar-refractivity contribution in [1.82, 2.24) is 0 Å². The molecular formula is C17H28N2S2. The molecule has 0 aliphatic heterocycles. The fourth-order valence-corrected chi connectivity index (χ4v) is 4.03. The van der Waals surface area contributed by atoms with Crippen molar-refractivity contribution in [3.05, 3.63) is 23.8 Å². The molecule has 0 aromatic heterocycles. The molecule has 0 aliphatic rings. The molecule has 0 unspecified atom stereocenters. The minimum atomic E-state index is -0.0205. The predicted molar refractivity (Wildman–Crippen MR) is 101 cm³/mol. The molecule has 0 atom stereocenters. The molecule has 0 fully saturated rings. The first kappa shape index (κ1) is 18.3. The van der Waals surface area contributed by atoms with Crippen molar-refractivity contribution >= 4 is 34.7 Å². The van der Waals surface area contributed by atoms with E-state index in [0.29, 0.717) is 4.99 Å². The van der Waals surface area contributed by atoms with Gasteiger partial charge in [-0.15, -0.1) is 11.8 Å². The van der Waals surface area contributed by atoms with Crippen LogP contribution in [0.5, 0.6) is 0 Å². The van der Waals surface area contributed by atoms with Gasteiger partial charge < -0.3 is 11.1 Å². The molecule has 1 aromatic carbocycles. The van der Waals surface area contributed by atoms with Gasteiger partial charge in [0.1, 0.15) is 4.99 Å². The molecule has 0 spiro atoms. The van der Waals surface area contributed by atoms with Crippen LogP contribution in [0, 0.1) is 5.41 Å². The molecule has 0 amide bonds. The van der Waals surface area contributed by atoms with E-state index in [9.17, 15) is 0 Å². The first-order valence-corrected chi connectivity index (χ1v) is 8.79. The van der Waals surface area contributed by atoms with Gasteiger partial charge in [-0.2, -0.15) is 0 Å². The van der Waals surface area contributed by atoms with Gasteiger partial charge in [0, 0.05) is 21.7 Å². The number of hydrogen-bond acceptors (Lipinski definition) is 3. The lowest BCUT2D eigenvalue weighted by Crippen LogP contribution is -2.36. The lowest BCUT2D eigenvalue weighted by molar-refractivity contribution is 0.302. The Morgan fingerprint density at radius 2 is 1.86 bits per heavy atom. The van der Waals surface area contributed by atoms with E-state index in [1.807, 2.05) is 0 Å². The lowest BCUT2D eigenvalue weighted by atomic mass is 9.81. The van der Waals surface area contributed by atoms with Gasteiger partial charge >= 0.3 is 0 Å². The summed E-state index contributed by atoms with van der Waals surface area (Å²) in [6.07, 6.45) is 1.06. The van der Waals surface area contributed by atoms with Crippen molar-refractivity contribution in [2.75, 3.05) is 11.1 Å². The highest BCUT2D eigenvalue weighted by atomic mass is 32.2. The van der Waals surface area contributed by atoms with E-state index in [2.05, 4.69) is 65.1 Å². The van der Waals surface area contributed by atoms with Gasteiger partial charge in [0.05, 0.1) is 0 Å². The highest BCUT2D eigenvalue weighted by molar-refractivity contribution is 7.99. The molecule has 0 radical (unpaired) electrons. The monoisotopic (exact) mass is 324 g/mol. The zero-order chi connectivity index (χ0) is 16.3. The number of hydrogen-bond donors (Lipinski definition) is 2. The summed E-state index contributed by atoms with van der Waals surface area (Å²) in [4.78, 5) is 1.61. The predicted octanol–water partition coefficient (Wildman–Crippen LogP) is 5.06. The van der Waals surface area contributed by atoms with Crippen LogP contribution in [-0.4, -0.2) is 16.3 Å². The SMILES string of the molecule is CCSc1cccc(NC(C)(C)CC(C)(C)C)c1C(N)=S. The van der Waals surface area contributed by atoms with E-state index in [1.165, 1.54) is 0 Å². The number of rotatable bonds is 6. The summed E-state index contributed by atoms with van der Waals surface area (Å²) in [5.41, 5.74) is 8.22. The molecule has 0 aliphatic carbocycles. The third-order valence-electron chi connectivity index (χ3n) is 3.02. The minimum absolute atomic E-state index is 0.0205. The molecule has 21 heavy (non-hydrogen) atoms. The van der Waals surface area contributed by atoms with E-state index >= 15 is 0 Å². The van der Waals surface area contributed by atoms with E-state index in [4.69, 9.17) is 18.0 Å². The van der Waals surface area contributed by atoms with Crippen molar-refractivity contribution in [3.8, 4) is 0 Å². The third kappa shape index (κ3) is 5.87. The van der Waals surface area contributed by atoms with Crippen LogP contribution in [0.3, 0.4) is 0 Å². The molecule has 1 rings (SSSR count). The van der Waals surface area contributed by atoms with Crippen LogP contribution in [0.4, 0.5) is 5.69 Å². The normalized spacial score (nSPS) is 12.3. The Kier molecular flexibility index (Phi) is 6.11. The fraction of sp³-hybridized carbons (Fsp3) is 0.588. The number of thioether (sulfide) groups is 1. The molecule has 118 valence electrons. The second kappa shape index (κ2) is 7.01. The van der Waals surface area contributed by atoms with Gasteiger partial charge in [-0.1, -0.05) is 46.0 Å². The van der Waals surface area contributed by atoms with E-state index in [1.54, 1.807) is 11.8 Å². The molecule has 2 nitrogen and oxygen atoms in total. The summed E-state index contributed by atoms with van der Waals surface area (Å²) in [6, 6.07) is 6.22. The molecule has 0 bridgehead atoms. The van der Waals surface area contributed by atoms with Crippen molar-refractivity contribution in [2.45, 2.75) is 58.4 Å². The smallest absolute Gasteiger partial charge is 0.107 e. The average Bonchev–Trinajstić information content (AvgIpc) is 2.24. The maximum atomic E-state index is 5.97. The van der Waals surface area contributed by atoms with Crippen molar-refractivity contribution < 1.29 is 0 Å². The summed E-state index contributed by atoms with van der Waals surface area (Å²) in [5.74, 6) is 1.00. The Morgan fingerprint density at radius 3 is 2.33 bits per heavy atom. The highest BCUT2D eigenvalue weighted by Gasteiger charge is 2.26. The quantitative estimate of drug-likeness (QED) is 0.566. The van der Waals surface area contributed by atoms with Gasteiger partial charge in [-0.05, 0) is 43.6 Å². The number of thiocarbonyl (C=S) groups is 1. The Bertz CT molecular complexity index is 502. The van der Waals surface area contributed by atoms with Crippen LogP contribution in [0.15, 0.2) is 23.1 Å². The summed E-state index contributed by atoms with van der Waals surface area (Å²) in [6.45, 7) is 13.4. The van der Waals surface area contributed by atoms with Crippen molar-refractivity contribution in [2.24, 2.45) is 11.1 Å². The van der Waals surface area contributed by atoms with Crippen molar-refractivity contribution in [3.63, 3.8) is 0 Å². The summed E-state index contributed by atoms with van der Waals surface area (Å²) < 4.78 is 0. The molecule has 0 saturated heterocycles. The van der Waals surface area contributed by atoms with E-state index < -0.39 is 0 Å².